The Morgan fingerprint density at radius 3 is 2.50 bits per heavy atom. The number of hydrogen-bond acceptors (Lipinski definition) is 6. The number of nitrogens with zero attached hydrogens (tertiary/aromatic N) is 6. The van der Waals surface area contributed by atoms with Crippen LogP contribution in [0, 0.1) is 25.2 Å². The van der Waals surface area contributed by atoms with Crippen molar-refractivity contribution >= 4 is 22.7 Å². The SMILES string of the molecule is Cc1ccc(-n2c(Cc3ccccc3)nnc2SCc2nc3ccccc3c(=O)n2CC#N)c(C)c1. The lowest BCUT2D eigenvalue weighted by molar-refractivity contribution is 0.729. The molecule has 0 amide bonds. The standard InChI is InChI=1S/C28H24N6OS/c1-19-12-13-24(20(2)16-19)34-25(17-21-8-4-3-5-9-21)31-32-28(34)36-18-26-30-23-11-7-6-10-22(23)27(35)33(26)15-14-29/h3-13,16H,15,17-18H2,1-2H3. The van der Waals surface area contributed by atoms with Crippen LogP contribution in [0.4, 0.5) is 0 Å². The van der Waals surface area contributed by atoms with Gasteiger partial charge in [0.2, 0.25) is 0 Å². The Labute approximate surface area is 213 Å². The molecule has 0 aliphatic rings. The lowest BCUT2D eigenvalue weighted by Crippen LogP contribution is -2.24. The van der Waals surface area contributed by atoms with Gasteiger partial charge in [-0.1, -0.05) is 71.9 Å². The molecular weight excluding hydrogens is 468 g/mol. The molecule has 0 aliphatic heterocycles. The van der Waals surface area contributed by atoms with Gasteiger partial charge in [0.05, 0.1) is 28.4 Å². The predicted molar refractivity (Wildman–Crippen MR) is 141 cm³/mol. The van der Waals surface area contributed by atoms with E-state index in [0.717, 1.165) is 22.6 Å². The number of fused-ring (bicyclic) bond motifs is 1. The molecule has 36 heavy (non-hydrogen) atoms. The van der Waals surface area contributed by atoms with Crippen molar-refractivity contribution in [1.82, 2.24) is 24.3 Å². The molecule has 2 aromatic heterocycles. The quantitative estimate of drug-likeness (QED) is 0.297. The normalized spacial score (nSPS) is 11.0. The Bertz CT molecular complexity index is 1650. The Hall–Kier alpha value is -4.22. The average Bonchev–Trinajstić information content (AvgIpc) is 3.27. The van der Waals surface area contributed by atoms with E-state index in [0.29, 0.717) is 34.1 Å². The van der Waals surface area contributed by atoms with Crippen LogP contribution < -0.4 is 5.56 Å². The summed E-state index contributed by atoms with van der Waals surface area (Å²) < 4.78 is 3.53. The Morgan fingerprint density at radius 2 is 1.72 bits per heavy atom. The van der Waals surface area contributed by atoms with Crippen LogP contribution in [-0.4, -0.2) is 24.3 Å². The van der Waals surface area contributed by atoms with Crippen molar-refractivity contribution in [3.63, 3.8) is 0 Å². The highest BCUT2D eigenvalue weighted by molar-refractivity contribution is 7.98. The lowest BCUT2D eigenvalue weighted by Gasteiger charge is -2.14. The summed E-state index contributed by atoms with van der Waals surface area (Å²) in [6, 6.07) is 25.8. The van der Waals surface area contributed by atoms with Crippen LogP contribution in [0.1, 0.15) is 28.3 Å². The maximum absolute atomic E-state index is 13.1. The van der Waals surface area contributed by atoms with Crippen molar-refractivity contribution in [3.05, 3.63) is 111 Å². The van der Waals surface area contributed by atoms with Crippen LogP contribution in [0.5, 0.6) is 0 Å². The minimum absolute atomic E-state index is 0.0599. The van der Waals surface area contributed by atoms with E-state index in [1.165, 1.54) is 21.9 Å². The summed E-state index contributed by atoms with van der Waals surface area (Å²) >= 11 is 1.45. The maximum atomic E-state index is 13.1. The van der Waals surface area contributed by atoms with Crippen molar-refractivity contribution in [2.45, 2.75) is 37.7 Å². The van der Waals surface area contributed by atoms with Crippen LogP contribution in [-0.2, 0) is 18.7 Å². The van der Waals surface area contributed by atoms with Gasteiger partial charge < -0.3 is 0 Å². The summed E-state index contributed by atoms with van der Waals surface area (Å²) in [5, 5.41) is 19.6. The zero-order chi connectivity index (χ0) is 25.1. The van der Waals surface area contributed by atoms with Gasteiger partial charge in [-0.15, -0.1) is 10.2 Å². The third kappa shape index (κ3) is 4.66. The van der Waals surface area contributed by atoms with Gasteiger partial charge in [-0.2, -0.15) is 5.26 Å². The zero-order valence-electron chi connectivity index (χ0n) is 20.0. The zero-order valence-corrected chi connectivity index (χ0v) is 20.9. The molecule has 0 N–H and O–H groups in total. The molecular formula is C28H24N6OS. The number of nitriles is 1. The van der Waals surface area contributed by atoms with E-state index in [-0.39, 0.29) is 12.1 Å². The van der Waals surface area contributed by atoms with Gasteiger partial charge >= 0.3 is 0 Å². The molecule has 0 spiro atoms. The number of hydrogen-bond donors (Lipinski definition) is 0. The second-order valence-electron chi connectivity index (χ2n) is 8.57. The Morgan fingerprint density at radius 1 is 0.944 bits per heavy atom. The third-order valence-corrected chi connectivity index (χ3v) is 6.92. The first-order valence-electron chi connectivity index (χ1n) is 11.6. The molecule has 5 rings (SSSR count). The topological polar surface area (TPSA) is 89.4 Å². The summed E-state index contributed by atoms with van der Waals surface area (Å²) in [5.74, 6) is 1.73. The fourth-order valence-corrected chi connectivity index (χ4v) is 5.18. The van der Waals surface area contributed by atoms with Crippen LogP contribution in [0.15, 0.2) is 82.7 Å². The van der Waals surface area contributed by atoms with Gasteiger partial charge in [-0.25, -0.2) is 4.98 Å². The molecule has 0 aliphatic carbocycles. The number of benzene rings is 3. The molecule has 0 bridgehead atoms. The van der Waals surface area contributed by atoms with Crippen LogP contribution in [0.25, 0.3) is 16.6 Å². The highest BCUT2D eigenvalue weighted by Gasteiger charge is 2.18. The minimum Gasteiger partial charge on any atom is -0.281 e. The van der Waals surface area contributed by atoms with E-state index in [4.69, 9.17) is 4.98 Å². The van der Waals surface area contributed by atoms with Gasteiger partial charge in [0.1, 0.15) is 18.2 Å². The first-order valence-corrected chi connectivity index (χ1v) is 12.6. The van der Waals surface area contributed by atoms with Gasteiger partial charge in [-0.3, -0.25) is 13.9 Å². The Kier molecular flexibility index (Phi) is 6.65. The molecule has 0 unspecified atom stereocenters. The summed E-state index contributed by atoms with van der Waals surface area (Å²) in [7, 11) is 0. The lowest BCUT2D eigenvalue weighted by atomic mass is 10.1. The van der Waals surface area contributed by atoms with Gasteiger partial charge in [0, 0.05) is 6.42 Å². The molecule has 5 aromatic rings. The summed E-state index contributed by atoms with van der Waals surface area (Å²) in [4.78, 5) is 17.8. The van der Waals surface area contributed by atoms with E-state index in [1.54, 1.807) is 12.1 Å². The second kappa shape index (κ2) is 10.2. The monoisotopic (exact) mass is 492 g/mol. The first kappa shape index (κ1) is 23.5. The number of para-hydroxylation sites is 1. The fraction of sp³-hybridized carbons (Fsp3) is 0.179. The molecule has 0 radical (unpaired) electrons. The number of rotatable bonds is 7. The molecule has 178 valence electrons. The number of aromatic nitrogens is 5. The molecule has 0 saturated carbocycles. The fourth-order valence-electron chi connectivity index (χ4n) is 4.27. The smallest absolute Gasteiger partial charge is 0.262 e. The maximum Gasteiger partial charge on any atom is 0.262 e. The van der Waals surface area contributed by atoms with Gasteiger partial charge in [0.15, 0.2) is 5.16 Å². The van der Waals surface area contributed by atoms with Crippen molar-refractivity contribution < 1.29 is 0 Å². The summed E-state index contributed by atoms with van der Waals surface area (Å²) in [6.07, 6.45) is 0.634. The number of thioether (sulfide) groups is 1. The predicted octanol–water partition coefficient (Wildman–Crippen LogP) is 5.00. The highest BCUT2D eigenvalue weighted by Crippen LogP contribution is 2.28. The van der Waals surface area contributed by atoms with Crippen molar-refractivity contribution in [2.75, 3.05) is 0 Å². The third-order valence-electron chi connectivity index (χ3n) is 6.00. The molecule has 8 heteroatoms. The van der Waals surface area contributed by atoms with Crippen molar-refractivity contribution in [1.29, 1.82) is 5.26 Å². The van der Waals surface area contributed by atoms with Gasteiger partial charge in [-0.05, 0) is 43.2 Å². The minimum atomic E-state index is -0.210. The van der Waals surface area contributed by atoms with E-state index in [2.05, 4.69) is 65.0 Å². The van der Waals surface area contributed by atoms with Crippen molar-refractivity contribution in [2.24, 2.45) is 0 Å². The summed E-state index contributed by atoms with van der Waals surface area (Å²) in [6.45, 7) is 4.09. The largest absolute Gasteiger partial charge is 0.281 e. The van der Waals surface area contributed by atoms with E-state index < -0.39 is 0 Å². The van der Waals surface area contributed by atoms with Crippen LogP contribution in [0.3, 0.4) is 0 Å². The van der Waals surface area contributed by atoms with E-state index >= 15 is 0 Å². The van der Waals surface area contributed by atoms with E-state index in [1.807, 2.05) is 30.3 Å². The molecule has 0 saturated heterocycles. The van der Waals surface area contributed by atoms with Crippen LogP contribution >= 0.6 is 11.8 Å². The molecule has 0 atom stereocenters. The molecule has 7 nitrogen and oxygen atoms in total. The van der Waals surface area contributed by atoms with E-state index in [9.17, 15) is 10.1 Å². The second-order valence-corrected chi connectivity index (χ2v) is 9.51. The first-order chi connectivity index (χ1) is 17.5. The Balaban J connectivity index is 1.56. The number of aryl methyl sites for hydroxylation is 2. The van der Waals surface area contributed by atoms with Gasteiger partial charge in [0.25, 0.3) is 5.56 Å². The van der Waals surface area contributed by atoms with Crippen molar-refractivity contribution in [3.8, 4) is 11.8 Å². The summed E-state index contributed by atoms with van der Waals surface area (Å²) in [5.41, 5.74) is 4.87. The highest BCUT2D eigenvalue weighted by atomic mass is 32.2. The average molecular weight is 493 g/mol. The molecule has 2 heterocycles. The molecule has 0 fully saturated rings. The molecule has 3 aromatic carbocycles. The van der Waals surface area contributed by atoms with Crippen LogP contribution in [0.2, 0.25) is 0 Å².